The van der Waals surface area contributed by atoms with E-state index in [2.05, 4.69) is 10.4 Å². The maximum absolute atomic E-state index is 12.2. The van der Waals surface area contributed by atoms with Gasteiger partial charge in [-0.3, -0.25) is 9.48 Å². The third-order valence-electron chi connectivity index (χ3n) is 3.03. The number of benzene rings is 1. The molecule has 1 heterocycles. The molecule has 0 unspecified atom stereocenters. The number of nitrogens with one attached hydrogen (secondary N) is 1. The monoisotopic (exact) mass is 338 g/mol. The Labute approximate surface area is 142 Å². The minimum atomic E-state index is -0.189. The summed E-state index contributed by atoms with van der Waals surface area (Å²) in [6, 6.07) is 7.17. The average Bonchev–Trinajstić information content (AvgIpc) is 2.96. The smallest absolute Gasteiger partial charge is 0.258 e. The van der Waals surface area contributed by atoms with E-state index in [1.807, 2.05) is 20.8 Å². The van der Waals surface area contributed by atoms with E-state index >= 15 is 0 Å². The Kier molecular flexibility index (Phi) is 6.60. The number of carbonyl (C=O) groups is 1. The fourth-order valence-electron chi connectivity index (χ4n) is 1.82. The van der Waals surface area contributed by atoms with E-state index in [4.69, 9.17) is 10.5 Å². The minimum absolute atomic E-state index is 0. The zero-order valence-corrected chi connectivity index (χ0v) is 14.4. The molecule has 1 aromatic heterocycles. The standard InChI is InChI=1S/C16H22N4O2.ClH/c1-16(2,3)20-11-12(10-18-20)15(21)19-13-4-6-14(7-5-13)22-9-8-17;/h4-7,10-11H,8-9,17H2,1-3H3,(H,19,21);1H. The molecule has 0 aliphatic rings. The van der Waals surface area contributed by atoms with Crippen molar-refractivity contribution in [3.63, 3.8) is 0 Å². The highest BCUT2D eigenvalue weighted by molar-refractivity contribution is 6.03. The number of nitrogens with zero attached hydrogens (tertiary/aromatic N) is 2. The van der Waals surface area contributed by atoms with Crippen LogP contribution < -0.4 is 15.8 Å². The van der Waals surface area contributed by atoms with Crippen molar-refractivity contribution in [3.8, 4) is 5.75 Å². The van der Waals surface area contributed by atoms with Crippen LogP contribution in [0.15, 0.2) is 36.7 Å². The maximum Gasteiger partial charge on any atom is 0.258 e. The molecule has 7 heteroatoms. The van der Waals surface area contributed by atoms with Gasteiger partial charge < -0.3 is 15.8 Å². The van der Waals surface area contributed by atoms with Gasteiger partial charge in [-0.25, -0.2) is 0 Å². The second kappa shape index (κ2) is 7.99. The number of anilines is 1. The Morgan fingerprint density at radius 2 is 1.96 bits per heavy atom. The van der Waals surface area contributed by atoms with Gasteiger partial charge in [-0.1, -0.05) is 0 Å². The van der Waals surface area contributed by atoms with Crippen molar-refractivity contribution in [1.82, 2.24) is 9.78 Å². The molecule has 3 N–H and O–H groups in total. The first-order valence-electron chi connectivity index (χ1n) is 7.19. The molecule has 6 nitrogen and oxygen atoms in total. The van der Waals surface area contributed by atoms with Gasteiger partial charge in [0.05, 0.1) is 17.3 Å². The number of rotatable bonds is 5. The molecule has 0 aliphatic carbocycles. The van der Waals surface area contributed by atoms with Crippen LogP contribution in [0.5, 0.6) is 5.75 Å². The van der Waals surface area contributed by atoms with Gasteiger partial charge in [0.25, 0.3) is 5.91 Å². The van der Waals surface area contributed by atoms with Crippen molar-refractivity contribution >= 4 is 24.0 Å². The Hall–Kier alpha value is -2.05. The van der Waals surface area contributed by atoms with Crippen LogP contribution in [-0.2, 0) is 5.54 Å². The van der Waals surface area contributed by atoms with E-state index in [-0.39, 0.29) is 23.9 Å². The quantitative estimate of drug-likeness (QED) is 0.878. The summed E-state index contributed by atoms with van der Waals surface area (Å²) in [6.07, 6.45) is 3.31. The first-order valence-corrected chi connectivity index (χ1v) is 7.19. The van der Waals surface area contributed by atoms with Crippen molar-refractivity contribution in [2.24, 2.45) is 5.73 Å². The molecule has 1 amide bonds. The lowest BCUT2D eigenvalue weighted by molar-refractivity contribution is 0.102. The van der Waals surface area contributed by atoms with E-state index in [1.165, 1.54) is 0 Å². The van der Waals surface area contributed by atoms with E-state index in [1.54, 1.807) is 41.3 Å². The van der Waals surface area contributed by atoms with Crippen LogP contribution in [-0.4, -0.2) is 28.8 Å². The molecule has 0 radical (unpaired) electrons. The summed E-state index contributed by atoms with van der Waals surface area (Å²) in [5.74, 6) is 0.537. The molecule has 2 rings (SSSR count). The van der Waals surface area contributed by atoms with E-state index < -0.39 is 0 Å². The van der Waals surface area contributed by atoms with Gasteiger partial charge in [0, 0.05) is 18.4 Å². The number of hydrogen-bond acceptors (Lipinski definition) is 4. The van der Waals surface area contributed by atoms with Crippen molar-refractivity contribution in [2.75, 3.05) is 18.5 Å². The fraction of sp³-hybridized carbons (Fsp3) is 0.375. The third-order valence-corrected chi connectivity index (χ3v) is 3.03. The molecule has 0 saturated heterocycles. The second-order valence-electron chi connectivity index (χ2n) is 5.96. The van der Waals surface area contributed by atoms with Crippen LogP contribution in [0.3, 0.4) is 0 Å². The highest BCUT2D eigenvalue weighted by atomic mass is 35.5. The number of hydrogen-bond donors (Lipinski definition) is 2. The second-order valence-corrected chi connectivity index (χ2v) is 5.96. The molecule has 0 aliphatic heterocycles. The largest absolute Gasteiger partial charge is 0.492 e. The van der Waals surface area contributed by atoms with Gasteiger partial charge in [0.1, 0.15) is 12.4 Å². The first-order chi connectivity index (χ1) is 10.4. The maximum atomic E-state index is 12.2. The molecule has 126 valence electrons. The van der Waals surface area contributed by atoms with Crippen LogP contribution in [0, 0.1) is 0 Å². The molecule has 0 fully saturated rings. The Morgan fingerprint density at radius 3 is 2.48 bits per heavy atom. The Balaban J connectivity index is 0.00000264. The normalized spacial score (nSPS) is 10.8. The molecule has 23 heavy (non-hydrogen) atoms. The molecule has 1 aromatic carbocycles. The van der Waals surface area contributed by atoms with Crippen LogP contribution in [0.4, 0.5) is 5.69 Å². The molecule has 2 aromatic rings. The van der Waals surface area contributed by atoms with E-state index in [0.29, 0.717) is 24.4 Å². The summed E-state index contributed by atoms with van der Waals surface area (Å²) in [4.78, 5) is 12.2. The lowest BCUT2D eigenvalue weighted by atomic mass is 10.1. The van der Waals surface area contributed by atoms with Crippen LogP contribution in [0.25, 0.3) is 0 Å². The fourth-order valence-corrected chi connectivity index (χ4v) is 1.82. The highest BCUT2D eigenvalue weighted by Crippen LogP contribution is 2.17. The molecule has 0 atom stereocenters. The van der Waals surface area contributed by atoms with Gasteiger partial charge >= 0.3 is 0 Å². The summed E-state index contributed by atoms with van der Waals surface area (Å²) in [7, 11) is 0. The summed E-state index contributed by atoms with van der Waals surface area (Å²) in [6.45, 7) is 7.03. The van der Waals surface area contributed by atoms with Crippen LogP contribution in [0.2, 0.25) is 0 Å². The SMILES string of the molecule is CC(C)(C)n1cc(C(=O)Nc2ccc(OCCN)cc2)cn1.Cl. The molecular formula is C16H23ClN4O2. The minimum Gasteiger partial charge on any atom is -0.492 e. The summed E-state index contributed by atoms with van der Waals surface area (Å²) in [5.41, 5.74) is 6.46. The number of carbonyl (C=O) groups excluding carboxylic acids is 1. The van der Waals surface area contributed by atoms with E-state index in [0.717, 1.165) is 5.75 Å². The van der Waals surface area contributed by atoms with Crippen LogP contribution in [0.1, 0.15) is 31.1 Å². The average molecular weight is 339 g/mol. The Bertz CT molecular complexity index is 632. The van der Waals surface area contributed by atoms with Crippen molar-refractivity contribution in [3.05, 3.63) is 42.2 Å². The van der Waals surface area contributed by atoms with Gasteiger partial charge in [-0.15, -0.1) is 12.4 Å². The van der Waals surface area contributed by atoms with Gasteiger partial charge in [0.15, 0.2) is 0 Å². The molecular weight excluding hydrogens is 316 g/mol. The Morgan fingerprint density at radius 1 is 1.30 bits per heavy atom. The third kappa shape index (κ3) is 5.26. The highest BCUT2D eigenvalue weighted by Gasteiger charge is 2.16. The number of nitrogens with two attached hydrogens (primary N) is 1. The van der Waals surface area contributed by atoms with Gasteiger partial charge in [0.2, 0.25) is 0 Å². The summed E-state index contributed by atoms with van der Waals surface area (Å²) in [5, 5.41) is 7.06. The molecule has 0 saturated carbocycles. The zero-order chi connectivity index (χ0) is 16.2. The lowest BCUT2D eigenvalue weighted by Crippen LogP contribution is -2.22. The van der Waals surface area contributed by atoms with Crippen molar-refractivity contribution < 1.29 is 9.53 Å². The molecule has 0 spiro atoms. The van der Waals surface area contributed by atoms with Crippen molar-refractivity contribution in [1.29, 1.82) is 0 Å². The van der Waals surface area contributed by atoms with E-state index in [9.17, 15) is 4.79 Å². The number of ether oxygens (including phenoxy) is 1. The number of halogens is 1. The topological polar surface area (TPSA) is 82.2 Å². The predicted octanol–water partition coefficient (Wildman–Crippen LogP) is 2.65. The summed E-state index contributed by atoms with van der Waals surface area (Å²) < 4.78 is 7.16. The zero-order valence-electron chi connectivity index (χ0n) is 13.6. The molecule has 0 bridgehead atoms. The van der Waals surface area contributed by atoms with Gasteiger partial charge in [-0.05, 0) is 45.0 Å². The number of amides is 1. The first kappa shape index (κ1) is 19.0. The number of aromatic nitrogens is 2. The summed E-state index contributed by atoms with van der Waals surface area (Å²) >= 11 is 0. The van der Waals surface area contributed by atoms with Gasteiger partial charge in [-0.2, -0.15) is 5.10 Å². The predicted molar refractivity (Wildman–Crippen MR) is 93.4 cm³/mol. The van der Waals surface area contributed by atoms with Crippen LogP contribution >= 0.6 is 12.4 Å². The lowest BCUT2D eigenvalue weighted by Gasteiger charge is -2.18. The van der Waals surface area contributed by atoms with Crippen molar-refractivity contribution in [2.45, 2.75) is 26.3 Å².